The molecule has 0 saturated heterocycles. The van der Waals surface area contributed by atoms with Crippen LogP contribution < -0.4 is 4.90 Å². The second-order valence-electron chi connectivity index (χ2n) is 4.31. The molecular weight excluding hydrogens is 238 g/mol. The number of anilines is 1. The minimum absolute atomic E-state index is 0.304. The fourth-order valence-corrected chi connectivity index (χ4v) is 2.02. The van der Waals surface area contributed by atoms with Crippen molar-refractivity contribution >= 4 is 17.5 Å². The highest BCUT2D eigenvalue weighted by Crippen LogP contribution is 2.28. The van der Waals surface area contributed by atoms with E-state index in [0.29, 0.717) is 16.8 Å². The van der Waals surface area contributed by atoms with Crippen LogP contribution in [-0.2, 0) is 9.59 Å². The van der Waals surface area contributed by atoms with Gasteiger partial charge in [0.05, 0.1) is 16.8 Å². The highest BCUT2D eigenvalue weighted by Gasteiger charge is 2.36. The van der Waals surface area contributed by atoms with E-state index >= 15 is 0 Å². The third-order valence-electron chi connectivity index (χ3n) is 2.99. The molecule has 1 aromatic carbocycles. The third-order valence-corrected chi connectivity index (χ3v) is 2.99. The number of hydrogen-bond acceptors (Lipinski definition) is 2. The van der Waals surface area contributed by atoms with Gasteiger partial charge >= 0.3 is 0 Å². The van der Waals surface area contributed by atoms with E-state index in [1.165, 1.54) is 11.0 Å². The number of imide groups is 1. The van der Waals surface area contributed by atoms with Crippen LogP contribution in [0, 0.1) is 6.92 Å². The van der Waals surface area contributed by atoms with E-state index in [0.717, 1.165) is 5.56 Å². The number of rotatable bonds is 3. The number of carbonyl (C=O) groups excluding carboxylic acids is 2. The summed E-state index contributed by atoms with van der Waals surface area (Å²) in [5.41, 5.74) is 2.40. The van der Waals surface area contributed by atoms with Crippen LogP contribution in [0.15, 0.2) is 60.2 Å². The quantitative estimate of drug-likeness (QED) is 0.777. The fourth-order valence-electron chi connectivity index (χ4n) is 2.02. The van der Waals surface area contributed by atoms with Gasteiger partial charge in [-0.2, -0.15) is 0 Å². The molecule has 19 heavy (non-hydrogen) atoms. The van der Waals surface area contributed by atoms with E-state index in [-0.39, 0.29) is 11.8 Å². The standard InChI is InChI=1S/C16H15NO2/c1-4-6-14-13(5-2)15(18)17(16(14)19)12-9-7-11(3)8-10-12/h4-10H,2H2,1,3H3/b6-4-. The van der Waals surface area contributed by atoms with Crippen molar-refractivity contribution in [2.45, 2.75) is 13.8 Å². The van der Waals surface area contributed by atoms with E-state index in [4.69, 9.17) is 0 Å². The van der Waals surface area contributed by atoms with Gasteiger partial charge in [0.25, 0.3) is 11.8 Å². The van der Waals surface area contributed by atoms with Crippen molar-refractivity contribution < 1.29 is 9.59 Å². The summed E-state index contributed by atoms with van der Waals surface area (Å²) < 4.78 is 0. The first-order valence-corrected chi connectivity index (χ1v) is 6.05. The monoisotopic (exact) mass is 253 g/mol. The predicted octanol–water partition coefficient (Wildman–Crippen LogP) is 2.93. The molecule has 0 radical (unpaired) electrons. The van der Waals surface area contributed by atoms with Crippen molar-refractivity contribution in [1.82, 2.24) is 0 Å². The van der Waals surface area contributed by atoms with E-state index in [2.05, 4.69) is 6.58 Å². The molecule has 2 amide bonds. The predicted molar refractivity (Wildman–Crippen MR) is 75.7 cm³/mol. The summed E-state index contributed by atoms with van der Waals surface area (Å²) in [5, 5.41) is 0. The van der Waals surface area contributed by atoms with Crippen LogP contribution in [0.25, 0.3) is 0 Å². The first kappa shape index (κ1) is 13.0. The SMILES string of the molecule is C=CC1=C(/C=C\C)C(=O)N(c2ccc(C)cc2)C1=O. The molecule has 0 aliphatic carbocycles. The van der Waals surface area contributed by atoms with E-state index < -0.39 is 0 Å². The van der Waals surface area contributed by atoms with Crippen LogP contribution in [-0.4, -0.2) is 11.8 Å². The molecule has 1 aliphatic rings. The number of amides is 2. The number of nitrogens with zero attached hydrogens (tertiary/aromatic N) is 1. The molecule has 96 valence electrons. The zero-order chi connectivity index (χ0) is 14.0. The smallest absolute Gasteiger partial charge is 0.266 e. The highest BCUT2D eigenvalue weighted by atomic mass is 16.2. The van der Waals surface area contributed by atoms with Crippen molar-refractivity contribution in [3.8, 4) is 0 Å². The zero-order valence-electron chi connectivity index (χ0n) is 11.0. The topological polar surface area (TPSA) is 37.4 Å². The van der Waals surface area contributed by atoms with Crippen LogP contribution in [0.1, 0.15) is 12.5 Å². The molecule has 0 unspecified atom stereocenters. The molecule has 0 aromatic heterocycles. The van der Waals surface area contributed by atoms with Gasteiger partial charge in [0.2, 0.25) is 0 Å². The highest BCUT2D eigenvalue weighted by molar-refractivity contribution is 6.34. The average molecular weight is 253 g/mol. The second-order valence-corrected chi connectivity index (χ2v) is 4.31. The van der Waals surface area contributed by atoms with Crippen LogP contribution >= 0.6 is 0 Å². The number of allylic oxidation sites excluding steroid dienone is 1. The molecule has 1 aromatic rings. The van der Waals surface area contributed by atoms with Gasteiger partial charge in [-0.15, -0.1) is 0 Å². The summed E-state index contributed by atoms with van der Waals surface area (Å²) in [5.74, 6) is -0.626. The maximum atomic E-state index is 12.3. The Morgan fingerprint density at radius 3 is 2.16 bits per heavy atom. The second kappa shape index (κ2) is 5.06. The van der Waals surface area contributed by atoms with Crippen LogP contribution in [0.5, 0.6) is 0 Å². The molecule has 1 heterocycles. The molecule has 0 saturated carbocycles. The van der Waals surface area contributed by atoms with Crippen LogP contribution in [0.3, 0.4) is 0 Å². The maximum Gasteiger partial charge on any atom is 0.266 e. The Labute approximate surface area is 112 Å². The summed E-state index contributed by atoms with van der Waals surface area (Å²) in [7, 11) is 0. The lowest BCUT2D eigenvalue weighted by Crippen LogP contribution is -2.31. The van der Waals surface area contributed by atoms with Crippen LogP contribution in [0.4, 0.5) is 5.69 Å². The normalized spacial score (nSPS) is 15.8. The number of benzene rings is 1. The molecule has 0 bridgehead atoms. The van der Waals surface area contributed by atoms with Gasteiger partial charge < -0.3 is 0 Å². The van der Waals surface area contributed by atoms with Gasteiger partial charge in [0.1, 0.15) is 0 Å². The molecule has 0 fully saturated rings. The average Bonchev–Trinajstić information content (AvgIpc) is 2.63. The van der Waals surface area contributed by atoms with Gasteiger partial charge in [-0.1, -0.05) is 42.5 Å². The maximum absolute atomic E-state index is 12.3. The van der Waals surface area contributed by atoms with E-state index in [1.807, 2.05) is 19.1 Å². The summed E-state index contributed by atoms with van der Waals surface area (Å²) in [6.45, 7) is 7.37. The summed E-state index contributed by atoms with van der Waals surface area (Å²) in [6.07, 6.45) is 4.82. The lowest BCUT2D eigenvalue weighted by molar-refractivity contribution is -0.120. The lowest BCUT2D eigenvalue weighted by atomic mass is 10.1. The van der Waals surface area contributed by atoms with E-state index in [1.54, 1.807) is 31.2 Å². The zero-order valence-corrected chi connectivity index (χ0v) is 11.0. The minimum Gasteiger partial charge on any atom is -0.268 e. The molecule has 1 aliphatic heterocycles. The summed E-state index contributed by atoms with van der Waals surface area (Å²) in [4.78, 5) is 25.8. The lowest BCUT2D eigenvalue weighted by Gasteiger charge is -2.14. The van der Waals surface area contributed by atoms with E-state index in [9.17, 15) is 9.59 Å². The molecule has 3 nitrogen and oxygen atoms in total. The Bertz CT molecular complexity index is 606. The molecule has 3 heteroatoms. The van der Waals surface area contributed by atoms with Gasteiger partial charge in [0.15, 0.2) is 0 Å². The summed E-state index contributed by atoms with van der Waals surface area (Å²) >= 11 is 0. The fraction of sp³-hybridized carbons (Fsp3) is 0.125. The molecule has 0 atom stereocenters. The first-order chi connectivity index (χ1) is 9.10. The largest absolute Gasteiger partial charge is 0.268 e. The number of carbonyl (C=O) groups is 2. The third kappa shape index (κ3) is 2.15. The molecule has 0 spiro atoms. The molecular formula is C16H15NO2. The van der Waals surface area contributed by atoms with Crippen molar-refractivity contribution in [3.63, 3.8) is 0 Å². The molecule has 2 rings (SSSR count). The van der Waals surface area contributed by atoms with Gasteiger partial charge in [0, 0.05) is 0 Å². The van der Waals surface area contributed by atoms with Gasteiger partial charge in [-0.25, -0.2) is 4.90 Å². The number of aryl methyl sites for hydroxylation is 1. The Morgan fingerprint density at radius 1 is 1.05 bits per heavy atom. The van der Waals surface area contributed by atoms with Crippen molar-refractivity contribution in [2.75, 3.05) is 4.90 Å². The van der Waals surface area contributed by atoms with Gasteiger partial charge in [-0.3, -0.25) is 9.59 Å². The number of hydrogen-bond donors (Lipinski definition) is 0. The Morgan fingerprint density at radius 2 is 1.63 bits per heavy atom. The Kier molecular flexibility index (Phi) is 3.47. The Balaban J connectivity index is 2.47. The minimum atomic E-state index is -0.322. The first-order valence-electron chi connectivity index (χ1n) is 6.05. The van der Waals surface area contributed by atoms with Gasteiger partial charge in [-0.05, 0) is 26.0 Å². The summed E-state index contributed by atoms with van der Waals surface area (Å²) in [6, 6.07) is 7.28. The Hall–Kier alpha value is -2.42. The van der Waals surface area contributed by atoms with Crippen molar-refractivity contribution in [1.29, 1.82) is 0 Å². The van der Waals surface area contributed by atoms with Crippen molar-refractivity contribution in [2.24, 2.45) is 0 Å². The van der Waals surface area contributed by atoms with Crippen molar-refractivity contribution in [3.05, 3.63) is 65.8 Å². The molecule has 0 N–H and O–H groups in total. The van der Waals surface area contributed by atoms with Crippen LogP contribution in [0.2, 0.25) is 0 Å².